The molecule has 3 aromatic rings. The smallest absolute Gasteiger partial charge is 0.411 e. The minimum Gasteiger partial charge on any atom is -0.480 e. The second-order valence-corrected chi connectivity index (χ2v) is 17.8. The van der Waals surface area contributed by atoms with Gasteiger partial charge in [0, 0.05) is 26.1 Å². The van der Waals surface area contributed by atoms with Crippen molar-refractivity contribution >= 4 is 24.2 Å². The number of amides is 3. The van der Waals surface area contributed by atoms with Gasteiger partial charge in [-0.15, -0.1) is 0 Å². The van der Waals surface area contributed by atoms with E-state index in [1.54, 1.807) is 30.6 Å². The Bertz CT molecular complexity index is 1810. The fraction of sp³-hybridized carbons (Fsp3) is 0.511. The minimum absolute atomic E-state index is 0.0183. The highest BCUT2D eigenvalue weighted by atomic mass is 16.6. The molecule has 0 saturated heterocycles. The number of benzene rings is 3. The van der Waals surface area contributed by atoms with Crippen LogP contribution in [0.15, 0.2) is 72.8 Å². The highest BCUT2D eigenvalue weighted by Gasteiger charge is 2.37. The second-order valence-electron chi connectivity index (χ2n) is 17.8. The van der Waals surface area contributed by atoms with Crippen molar-refractivity contribution in [2.24, 2.45) is 5.73 Å². The molecule has 4 N–H and O–H groups in total. The van der Waals surface area contributed by atoms with Crippen LogP contribution in [-0.4, -0.2) is 97.2 Å². The molecule has 3 amide bonds. The quantitative estimate of drug-likeness (QED) is 0.233. The molecule has 316 valence electrons. The zero-order valence-electron chi connectivity index (χ0n) is 35.5. The first-order chi connectivity index (χ1) is 27.1. The summed E-state index contributed by atoms with van der Waals surface area (Å²) < 4.78 is 16.2. The molecular formula is C45H62N4O9. The molecule has 0 aromatic heterocycles. The number of aliphatic carboxylic acids is 1. The topological polar surface area (TPSA) is 172 Å². The van der Waals surface area contributed by atoms with Gasteiger partial charge in [-0.3, -0.25) is 14.7 Å². The van der Waals surface area contributed by atoms with Crippen LogP contribution >= 0.6 is 0 Å². The number of hydrogen-bond donors (Lipinski definition) is 3. The number of carboxylic acid groups (broad SMARTS) is 1. The number of rotatable bonds is 3. The molecule has 3 heterocycles. The molecule has 0 saturated carbocycles. The summed E-state index contributed by atoms with van der Waals surface area (Å²) in [6.45, 7) is 18.2. The summed E-state index contributed by atoms with van der Waals surface area (Å²) in [5.41, 5.74) is 10.9. The van der Waals surface area contributed by atoms with E-state index in [-0.39, 0.29) is 37.4 Å². The molecule has 3 atom stereocenters. The normalized spacial score (nSPS) is 18.7. The average Bonchev–Trinajstić information content (AvgIpc) is 3.14. The standard InChI is InChI=1S/C15H22N2O2.C15H19NO4.C15H21NO3/c1-15(2,3)19-14(18)17-10-12-7-5-4-6-11(12)8-13(17)9-16;1-15(2,3)20-14(19)16-9-11-7-5-4-6-10(11)8-12(16)13(17)18;1-15(2,3)19-14(18)16-9-12-7-5-4-6-11(12)8-13(16)10-17/h4-7,13H,8-10,16H2,1-3H3;4-7,12H,8-9H2,1-3H3,(H,17,18);4-7,13,17H,8-10H2,1-3H3/t13-;12-;13-/m000/s1. The van der Waals surface area contributed by atoms with Gasteiger partial charge < -0.3 is 30.2 Å². The van der Waals surface area contributed by atoms with E-state index >= 15 is 0 Å². The van der Waals surface area contributed by atoms with E-state index in [9.17, 15) is 29.4 Å². The molecule has 3 aliphatic heterocycles. The number of fused-ring (bicyclic) bond motifs is 3. The number of aliphatic hydroxyl groups excluding tert-OH is 1. The SMILES string of the molecule is CC(C)(C)OC(=O)N1Cc2ccccc2C[C@H]1C(=O)O.CC(C)(C)OC(=O)N1Cc2ccccc2C[C@H]1CN.CC(C)(C)OC(=O)N1Cc2ccccc2C[C@H]1CO. The first kappa shape index (κ1) is 45.6. The maximum absolute atomic E-state index is 12.2. The highest BCUT2D eigenvalue weighted by molar-refractivity contribution is 5.81. The molecule has 0 fully saturated rings. The molecule has 13 nitrogen and oxygen atoms in total. The minimum atomic E-state index is -1.01. The molecule has 58 heavy (non-hydrogen) atoms. The Labute approximate surface area is 343 Å². The number of nitrogens with zero attached hydrogens (tertiary/aromatic N) is 3. The Hall–Kier alpha value is -5.14. The van der Waals surface area contributed by atoms with Crippen LogP contribution in [0.1, 0.15) is 95.7 Å². The third-order valence-corrected chi connectivity index (χ3v) is 9.61. The van der Waals surface area contributed by atoms with Crippen LogP contribution in [0.3, 0.4) is 0 Å². The van der Waals surface area contributed by atoms with Gasteiger partial charge in [0.05, 0.1) is 25.2 Å². The average molecular weight is 803 g/mol. The number of aliphatic hydroxyl groups is 1. The third kappa shape index (κ3) is 12.9. The predicted octanol–water partition coefficient (Wildman–Crippen LogP) is 7.08. The molecule has 3 aliphatic rings. The summed E-state index contributed by atoms with van der Waals surface area (Å²) >= 11 is 0. The first-order valence-corrected chi connectivity index (χ1v) is 19.8. The summed E-state index contributed by atoms with van der Waals surface area (Å²) in [6, 6.07) is 22.7. The molecule has 0 aliphatic carbocycles. The highest BCUT2D eigenvalue weighted by Crippen LogP contribution is 2.28. The van der Waals surface area contributed by atoms with Gasteiger partial charge in [-0.1, -0.05) is 72.8 Å². The predicted molar refractivity (Wildman–Crippen MR) is 221 cm³/mol. The molecule has 0 bridgehead atoms. The molecular weight excluding hydrogens is 741 g/mol. The monoisotopic (exact) mass is 802 g/mol. The maximum atomic E-state index is 12.2. The van der Waals surface area contributed by atoms with E-state index in [4.69, 9.17) is 19.9 Å². The molecule has 0 radical (unpaired) electrons. The number of carbonyl (C=O) groups excluding carboxylic acids is 3. The van der Waals surface area contributed by atoms with Crippen molar-refractivity contribution in [3.63, 3.8) is 0 Å². The lowest BCUT2D eigenvalue weighted by Gasteiger charge is -2.37. The van der Waals surface area contributed by atoms with E-state index in [0.717, 1.165) is 23.1 Å². The van der Waals surface area contributed by atoms with Gasteiger partial charge in [0.15, 0.2) is 0 Å². The van der Waals surface area contributed by atoms with Crippen LogP contribution < -0.4 is 5.73 Å². The zero-order chi connectivity index (χ0) is 43.0. The summed E-state index contributed by atoms with van der Waals surface area (Å²) in [7, 11) is 0. The summed E-state index contributed by atoms with van der Waals surface area (Å²) in [5.74, 6) is -1.01. The molecule has 3 aromatic carbocycles. The van der Waals surface area contributed by atoms with Crippen LogP contribution in [0.25, 0.3) is 0 Å². The Morgan fingerprint density at radius 1 is 0.552 bits per heavy atom. The number of nitrogens with two attached hydrogens (primary N) is 1. The number of carboxylic acids is 1. The first-order valence-electron chi connectivity index (χ1n) is 19.8. The number of hydrogen-bond acceptors (Lipinski definition) is 9. The maximum Gasteiger partial charge on any atom is 0.411 e. The Morgan fingerprint density at radius 3 is 1.21 bits per heavy atom. The van der Waals surface area contributed by atoms with E-state index in [1.807, 2.05) is 102 Å². The number of ether oxygens (including phenoxy) is 3. The van der Waals surface area contributed by atoms with E-state index < -0.39 is 34.9 Å². The van der Waals surface area contributed by atoms with Crippen molar-refractivity contribution in [1.29, 1.82) is 0 Å². The van der Waals surface area contributed by atoms with Gasteiger partial charge in [0.25, 0.3) is 0 Å². The van der Waals surface area contributed by atoms with E-state index in [0.29, 0.717) is 32.5 Å². The van der Waals surface area contributed by atoms with Crippen molar-refractivity contribution in [1.82, 2.24) is 14.7 Å². The van der Waals surface area contributed by atoms with Crippen molar-refractivity contribution in [3.8, 4) is 0 Å². The second kappa shape index (κ2) is 19.1. The fourth-order valence-corrected chi connectivity index (χ4v) is 6.87. The lowest BCUT2D eigenvalue weighted by molar-refractivity contribution is -0.143. The van der Waals surface area contributed by atoms with E-state index in [1.165, 1.54) is 21.6 Å². The summed E-state index contributed by atoms with van der Waals surface area (Å²) in [5, 5.41) is 18.8. The Kier molecular flexibility index (Phi) is 15.0. The van der Waals surface area contributed by atoms with Crippen molar-refractivity contribution < 1.29 is 43.6 Å². The third-order valence-electron chi connectivity index (χ3n) is 9.61. The van der Waals surface area contributed by atoms with Crippen LogP contribution in [0, 0.1) is 0 Å². The molecule has 0 unspecified atom stereocenters. The van der Waals surface area contributed by atoms with Gasteiger partial charge in [-0.2, -0.15) is 0 Å². The van der Waals surface area contributed by atoms with Gasteiger partial charge in [-0.05, 0) is 109 Å². The lowest BCUT2D eigenvalue weighted by Crippen LogP contribution is -2.50. The van der Waals surface area contributed by atoms with E-state index in [2.05, 4.69) is 12.1 Å². The largest absolute Gasteiger partial charge is 0.480 e. The van der Waals surface area contributed by atoms with Crippen LogP contribution in [0.4, 0.5) is 14.4 Å². The fourth-order valence-electron chi connectivity index (χ4n) is 6.87. The molecule has 13 heteroatoms. The zero-order valence-corrected chi connectivity index (χ0v) is 35.5. The number of carbonyl (C=O) groups is 4. The van der Waals surface area contributed by atoms with Crippen LogP contribution in [0.5, 0.6) is 0 Å². The Balaban J connectivity index is 0.000000193. The summed E-state index contributed by atoms with van der Waals surface area (Å²) in [4.78, 5) is 52.7. The van der Waals surface area contributed by atoms with Crippen molar-refractivity contribution in [3.05, 3.63) is 106 Å². The van der Waals surface area contributed by atoms with Gasteiger partial charge in [0.2, 0.25) is 0 Å². The lowest BCUT2D eigenvalue weighted by atomic mass is 9.94. The van der Waals surface area contributed by atoms with Gasteiger partial charge >= 0.3 is 24.2 Å². The van der Waals surface area contributed by atoms with Crippen molar-refractivity contribution in [2.75, 3.05) is 13.2 Å². The van der Waals surface area contributed by atoms with Gasteiger partial charge in [0.1, 0.15) is 22.8 Å². The van der Waals surface area contributed by atoms with Crippen molar-refractivity contribution in [2.45, 2.75) is 136 Å². The Morgan fingerprint density at radius 2 is 0.862 bits per heavy atom. The van der Waals surface area contributed by atoms with Gasteiger partial charge in [-0.25, -0.2) is 19.2 Å². The summed E-state index contributed by atoms with van der Waals surface area (Å²) in [6.07, 6.45) is 0.556. The van der Waals surface area contributed by atoms with Crippen LogP contribution in [0.2, 0.25) is 0 Å². The van der Waals surface area contributed by atoms with Crippen LogP contribution in [-0.2, 0) is 57.9 Å². The molecule has 0 spiro atoms. The molecule has 6 rings (SSSR count).